The van der Waals surface area contributed by atoms with Crippen LogP contribution in [0.2, 0.25) is 0 Å². The van der Waals surface area contributed by atoms with Crippen LogP contribution in [0.5, 0.6) is 0 Å². The maximum absolute atomic E-state index is 13.8. The smallest absolute Gasteiger partial charge is 0.357 e. The number of halogens is 3. The Morgan fingerprint density at radius 1 is 1.15 bits per heavy atom. The van der Waals surface area contributed by atoms with Crippen LogP contribution in [-0.4, -0.2) is 42.0 Å². The molecule has 2 aliphatic rings. The van der Waals surface area contributed by atoms with Crippen molar-refractivity contribution < 1.29 is 22.8 Å². The Hall–Kier alpha value is -4.19. The highest BCUT2D eigenvalue weighted by Gasteiger charge is 2.35. The van der Waals surface area contributed by atoms with Gasteiger partial charge in [-0.25, -0.2) is 9.78 Å². The van der Waals surface area contributed by atoms with E-state index in [1.165, 1.54) is 17.0 Å². The Kier molecular flexibility index (Phi) is 6.89. The minimum Gasteiger partial charge on any atom is -0.357 e. The largest absolute Gasteiger partial charge is 0.416 e. The van der Waals surface area contributed by atoms with Crippen LogP contribution in [-0.2, 0) is 19.3 Å². The summed E-state index contributed by atoms with van der Waals surface area (Å²) < 4.78 is 41.3. The van der Waals surface area contributed by atoms with Gasteiger partial charge in [0, 0.05) is 49.7 Å². The van der Waals surface area contributed by atoms with Crippen LogP contribution < -0.4 is 25.8 Å². The van der Waals surface area contributed by atoms with Gasteiger partial charge in [0.25, 0.3) is 5.91 Å². The second kappa shape index (κ2) is 10.2. The molecule has 1 aliphatic carbocycles. The summed E-state index contributed by atoms with van der Waals surface area (Å²) in [5.41, 5.74) is 1.56. The van der Waals surface area contributed by atoms with Crippen molar-refractivity contribution in [3.63, 3.8) is 0 Å². The highest BCUT2D eigenvalue weighted by molar-refractivity contribution is 6.07. The topological polar surface area (TPSA) is 102 Å². The van der Waals surface area contributed by atoms with Crippen LogP contribution in [0, 0.1) is 6.92 Å². The van der Waals surface area contributed by atoms with Gasteiger partial charge in [0.15, 0.2) is 0 Å². The molecular formula is C27H28F3N7O2. The van der Waals surface area contributed by atoms with Crippen LogP contribution >= 0.6 is 0 Å². The molecule has 5 rings (SSSR count). The van der Waals surface area contributed by atoms with Gasteiger partial charge in [0.05, 0.1) is 17.8 Å². The number of aromatic nitrogens is 2. The van der Waals surface area contributed by atoms with Crippen LogP contribution in [0.25, 0.3) is 0 Å². The summed E-state index contributed by atoms with van der Waals surface area (Å²) in [4.78, 5) is 37.8. The number of urea groups is 1. The fraction of sp³-hybridized carbons (Fsp3) is 0.333. The number of rotatable bonds is 7. The number of nitrogens with zero attached hydrogens (tertiary/aromatic N) is 4. The fourth-order valence-electron chi connectivity index (χ4n) is 4.48. The highest BCUT2D eigenvalue weighted by Crippen LogP contribution is 2.35. The van der Waals surface area contributed by atoms with Gasteiger partial charge in [-0.1, -0.05) is 12.1 Å². The maximum atomic E-state index is 13.8. The first-order chi connectivity index (χ1) is 18.5. The number of aryl methyl sites for hydroxylation is 1. The first-order valence-corrected chi connectivity index (χ1v) is 12.5. The lowest BCUT2D eigenvalue weighted by Gasteiger charge is -2.35. The minimum atomic E-state index is -4.59. The molecule has 3 aromatic rings. The molecule has 1 saturated carbocycles. The third kappa shape index (κ3) is 5.51. The molecule has 0 radical (unpaired) electrons. The van der Waals surface area contributed by atoms with Gasteiger partial charge in [-0.2, -0.15) is 18.2 Å². The summed E-state index contributed by atoms with van der Waals surface area (Å²) in [5.74, 6) is 0.204. The van der Waals surface area contributed by atoms with E-state index in [1.54, 1.807) is 43.4 Å². The number of alkyl halides is 3. The molecule has 1 aromatic heterocycles. The van der Waals surface area contributed by atoms with Gasteiger partial charge in [0.2, 0.25) is 5.95 Å². The van der Waals surface area contributed by atoms with E-state index in [1.807, 2.05) is 6.92 Å². The second-order valence-corrected chi connectivity index (χ2v) is 9.70. The Morgan fingerprint density at radius 3 is 2.62 bits per heavy atom. The van der Waals surface area contributed by atoms with Crippen LogP contribution in [0.4, 0.5) is 41.1 Å². The number of fused-ring (bicyclic) bond motifs is 1. The number of carbonyl (C=O) groups excluding carboxylic acids is 2. The van der Waals surface area contributed by atoms with Crippen molar-refractivity contribution in [3.05, 3.63) is 70.4 Å². The van der Waals surface area contributed by atoms with Crippen LogP contribution in [0.15, 0.2) is 42.6 Å². The Labute approximate surface area is 223 Å². The van der Waals surface area contributed by atoms with Crippen molar-refractivity contribution in [2.45, 2.75) is 45.1 Å². The van der Waals surface area contributed by atoms with Gasteiger partial charge in [-0.05, 0) is 55.2 Å². The molecule has 204 valence electrons. The molecule has 39 heavy (non-hydrogen) atoms. The molecule has 0 saturated heterocycles. The molecule has 0 unspecified atom stereocenters. The lowest BCUT2D eigenvalue weighted by molar-refractivity contribution is -0.138. The standard InChI is InChI=1S/C27H28F3N7O2/c1-15-4-7-20(11-22(15)37-14-18-13-33-25(31-2)35-23(18)36(3)26(37)39)34-24(38)16-5-6-17(12-32-19-8-9-19)21(10-16)27(28,29)30/h4-7,10-11,13,19,32H,8-9,12,14H2,1-3H3,(H,34,38)(H,31,33,35). The van der Waals surface area contributed by atoms with Crippen molar-refractivity contribution in [1.29, 1.82) is 0 Å². The molecule has 2 aromatic carbocycles. The second-order valence-electron chi connectivity index (χ2n) is 9.70. The maximum Gasteiger partial charge on any atom is 0.416 e. The van der Waals surface area contributed by atoms with Gasteiger partial charge in [-0.15, -0.1) is 0 Å². The molecule has 0 spiro atoms. The number of nitrogens with one attached hydrogen (secondary N) is 3. The molecule has 2 heterocycles. The molecule has 9 nitrogen and oxygen atoms in total. The van der Waals surface area contributed by atoms with Gasteiger partial charge < -0.3 is 16.0 Å². The summed E-state index contributed by atoms with van der Waals surface area (Å²) in [6.45, 7) is 2.13. The first kappa shape index (κ1) is 26.4. The zero-order valence-electron chi connectivity index (χ0n) is 21.7. The van der Waals surface area contributed by atoms with E-state index in [4.69, 9.17) is 0 Å². The molecule has 3 amide bonds. The van der Waals surface area contributed by atoms with Crippen LogP contribution in [0.3, 0.4) is 0 Å². The Morgan fingerprint density at radius 2 is 1.92 bits per heavy atom. The van der Waals surface area contributed by atoms with Gasteiger partial charge >= 0.3 is 12.2 Å². The predicted octanol–water partition coefficient (Wildman–Crippen LogP) is 4.93. The third-order valence-corrected chi connectivity index (χ3v) is 6.82. The highest BCUT2D eigenvalue weighted by atomic mass is 19.4. The third-order valence-electron chi connectivity index (χ3n) is 6.82. The zero-order chi connectivity index (χ0) is 27.9. The van der Waals surface area contributed by atoms with E-state index in [9.17, 15) is 22.8 Å². The number of carbonyl (C=O) groups is 2. The molecule has 0 bridgehead atoms. The number of anilines is 4. The predicted molar refractivity (Wildman–Crippen MR) is 142 cm³/mol. The summed E-state index contributed by atoms with van der Waals surface area (Å²) in [6.07, 6.45) is -1.04. The minimum absolute atomic E-state index is 0.0888. The quantitative estimate of drug-likeness (QED) is 0.394. The van der Waals surface area contributed by atoms with Crippen molar-refractivity contribution in [3.8, 4) is 0 Å². The zero-order valence-corrected chi connectivity index (χ0v) is 21.7. The molecule has 12 heteroatoms. The molecule has 1 aliphatic heterocycles. The molecular weight excluding hydrogens is 511 g/mol. The van der Waals surface area contributed by atoms with Crippen molar-refractivity contribution in [2.75, 3.05) is 34.5 Å². The van der Waals surface area contributed by atoms with E-state index in [0.29, 0.717) is 23.1 Å². The molecule has 0 atom stereocenters. The Balaban J connectivity index is 1.38. The van der Waals surface area contributed by atoms with Crippen molar-refractivity contribution in [2.24, 2.45) is 0 Å². The summed E-state index contributed by atoms with van der Waals surface area (Å²) in [7, 11) is 3.30. The average Bonchev–Trinajstić information content (AvgIpc) is 3.74. The summed E-state index contributed by atoms with van der Waals surface area (Å²) in [5, 5.41) is 8.62. The lowest BCUT2D eigenvalue weighted by Crippen LogP contribution is -2.46. The van der Waals surface area contributed by atoms with Crippen molar-refractivity contribution >= 4 is 35.1 Å². The Bertz CT molecular complexity index is 1440. The van der Waals surface area contributed by atoms with E-state index in [2.05, 4.69) is 25.9 Å². The number of hydrogen-bond acceptors (Lipinski definition) is 6. The van der Waals surface area contributed by atoms with E-state index >= 15 is 0 Å². The van der Waals surface area contributed by atoms with Crippen LogP contribution in [0.1, 0.15) is 45.5 Å². The molecule has 1 fully saturated rings. The summed E-state index contributed by atoms with van der Waals surface area (Å²) >= 11 is 0. The van der Waals surface area contributed by atoms with E-state index in [0.717, 1.165) is 30.0 Å². The SMILES string of the molecule is CNc1ncc2c(n1)N(C)C(=O)N(c1cc(NC(=O)c3ccc(CNC4CC4)c(C(F)(F)F)c3)ccc1C)C2. The lowest BCUT2D eigenvalue weighted by atomic mass is 10.0. The number of amides is 3. The monoisotopic (exact) mass is 539 g/mol. The van der Waals surface area contributed by atoms with Gasteiger partial charge in [0.1, 0.15) is 5.82 Å². The first-order valence-electron chi connectivity index (χ1n) is 12.5. The number of benzene rings is 2. The fourth-order valence-corrected chi connectivity index (χ4v) is 4.48. The van der Waals surface area contributed by atoms with E-state index < -0.39 is 17.6 Å². The molecule has 3 N–H and O–H groups in total. The van der Waals surface area contributed by atoms with E-state index in [-0.39, 0.29) is 36.3 Å². The average molecular weight is 540 g/mol. The number of hydrogen-bond donors (Lipinski definition) is 3. The van der Waals surface area contributed by atoms with Crippen molar-refractivity contribution in [1.82, 2.24) is 15.3 Å². The summed E-state index contributed by atoms with van der Waals surface area (Å²) in [6, 6.07) is 8.56. The van der Waals surface area contributed by atoms with Gasteiger partial charge in [-0.3, -0.25) is 14.6 Å². The normalized spacial score (nSPS) is 15.3.